The topological polar surface area (TPSA) is 52.7 Å². The third-order valence-corrected chi connectivity index (χ3v) is 7.16. The number of carbonyl (C=O) groups is 2. The van der Waals surface area contributed by atoms with Gasteiger partial charge in [0.15, 0.2) is 0 Å². The van der Waals surface area contributed by atoms with Crippen LogP contribution in [0, 0.1) is 13.8 Å². The zero-order valence-corrected chi connectivity index (χ0v) is 17.8. The second-order valence-corrected chi connectivity index (χ2v) is 9.06. The summed E-state index contributed by atoms with van der Waals surface area (Å²) in [5, 5.41) is 3.01. The minimum atomic E-state index is -0.00783. The van der Waals surface area contributed by atoms with E-state index in [1.54, 1.807) is 11.8 Å². The predicted molar refractivity (Wildman–Crippen MR) is 117 cm³/mol. The van der Waals surface area contributed by atoms with Crippen LogP contribution in [0.5, 0.6) is 0 Å². The van der Waals surface area contributed by atoms with Crippen molar-refractivity contribution in [1.29, 1.82) is 0 Å². The molecule has 2 amide bonds. The quantitative estimate of drug-likeness (QED) is 0.843. The van der Waals surface area contributed by atoms with Crippen molar-refractivity contribution in [2.45, 2.75) is 30.4 Å². The van der Waals surface area contributed by atoms with E-state index in [4.69, 9.17) is 0 Å². The molecular weight excluding hydrogens is 382 g/mol. The first kappa shape index (κ1) is 20.0. The lowest BCUT2D eigenvalue weighted by Gasteiger charge is -2.35. The van der Waals surface area contributed by atoms with E-state index < -0.39 is 0 Å². The van der Waals surface area contributed by atoms with E-state index >= 15 is 0 Å². The first-order valence-corrected chi connectivity index (χ1v) is 11.0. The van der Waals surface area contributed by atoms with Crippen LogP contribution in [0.3, 0.4) is 0 Å². The Morgan fingerprint density at radius 3 is 2.55 bits per heavy atom. The minimum Gasteiger partial charge on any atom is -0.339 e. The third kappa shape index (κ3) is 4.49. The SMILES string of the molecule is Cc1cccc(NC(=O)CN2CCN(C(=O)C3Cc4ccccc4S3)CC2)c1C. The van der Waals surface area contributed by atoms with Crippen molar-refractivity contribution in [3.05, 3.63) is 59.2 Å². The lowest BCUT2D eigenvalue weighted by atomic mass is 10.1. The maximum atomic E-state index is 12.9. The summed E-state index contributed by atoms with van der Waals surface area (Å²) in [5.74, 6) is 0.228. The molecule has 1 saturated heterocycles. The summed E-state index contributed by atoms with van der Waals surface area (Å²) in [6, 6.07) is 14.2. The molecule has 2 aliphatic heterocycles. The van der Waals surface area contributed by atoms with Gasteiger partial charge in [0.2, 0.25) is 11.8 Å². The first-order valence-electron chi connectivity index (χ1n) is 10.1. The fourth-order valence-corrected chi connectivity index (χ4v) is 5.21. The summed E-state index contributed by atoms with van der Waals surface area (Å²) in [6.07, 6.45) is 0.818. The molecule has 5 nitrogen and oxygen atoms in total. The van der Waals surface area contributed by atoms with Crippen LogP contribution < -0.4 is 5.32 Å². The number of piperazine rings is 1. The van der Waals surface area contributed by atoms with Crippen LogP contribution in [0.15, 0.2) is 47.4 Å². The van der Waals surface area contributed by atoms with Crippen LogP contribution in [-0.2, 0) is 16.0 Å². The number of nitrogens with zero attached hydrogens (tertiary/aromatic N) is 2. The molecule has 0 saturated carbocycles. The van der Waals surface area contributed by atoms with E-state index in [0.29, 0.717) is 19.6 Å². The summed E-state index contributed by atoms with van der Waals surface area (Å²) in [7, 11) is 0. The second kappa shape index (κ2) is 8.59. The van der Waals surface area contributed by atoms with Crippen LogP contribution in [0.2, 0.25) is 0 Å². The number of aryl methyl sites for hydroxylation is 1. The van der Waals surface area contributed by atoms with E-state index in [1.807, 2.05) is 49.1 Å². The maximum Gasteiger partial charge on any atom is 0.238 e. The molecule has 152 valence electrons. The molecule has 1 atom stereocenters. The van der Waals surface area contributed by atoms with Gasteiger partial charge < -0.3 is 10.2 Å². The van der Waals surface area contributed by atoms with Crippen molar-refractivity contribution in [1.82, 2.24) is 9.80 Å². The monoisotopic (exact) mass is 409 g/mol. The molecule has 2 aromatic rings. The van der Waals surface area contributed by atoms with Gasteiger partial charge in [-0.2, -0.15) is 0 Å². The van der Waals surface area contributed by atoms with Crippen molar-refractivity contribution in [2.24, 2.45) is 0 Å². The van der Waals surface area contributed by atoms with Crippen LogP contribution in [0.4, 0.5) is 5.69 Å². The zero-order chi connectivity index (χ0) is 20.4. The number of fused-ring (bicyclic) bond motifs is 1. The Bertz CT molecular complexity index is 897. The number of rotatable bonds is 4. The van der Waals surface area contributed by atoms with Gasteiger partial charge in [0.1, 0.15) is 0 Å². The molecule has 1 unspecified atom stereocenters. The first-order chi connectivity index (χ1) is 14.0. The Hall–Kier alpha value is -2.31. The lowest BCUT2D eigenvalue weighted by Crippen LogP contribution is -2.52. The molecule has 6 heteroatoms. The standard InChI is InChI=1S/C23H27N3O2S/c1-16-6-5-8-19(17(16)2)24-22(27)15-25-10-12-26(13-11-25)23(28)21-14-18-7-3-4-9-20(18)29-21/h3-9,21H,10-15H2,1-2H3,(H,24,27). The Balaban J connectivity index is 1.26. The number of anilines is 1. The summed E-state index contributed by atoms with van der Waals surface area (Å²) in [6.45, 7) is 7.26. The molecule has 4 rings (SSSR count). The van der Waals surface area contributed by atoms with E-state index in [2.05, 4.69) is 22.3 Å². The number of hydrogen-bond donors (Lipinski definition) is 1. The molecule has 1 N–H and O–H groups in total. The van der Waals surface area contributed by atoms with Crippen molar-refractivity contribution in [3.8, 4) is 0 Å². The van der Waals surface area contributed by atoms with Crippen molar-refractivity contribution in [2.75, 3.05) is 38.0 Å². The van der Waals surface area contributed by atoms with Crippen LogP contribution in [0.1, 0.15) is 16.7 Å². The average molecular weight is 410 g/mol. The van der Waals surface area contributed by atoms with Crippen LogP contribution in [0.25, 0.3) is 0 Å². The number of carbonyl (C=O) groups excluding carboxylic acids is 2. The average Bonchev–Trinajstić information content (AvgIpc) is 3.16. The Morgan fingerprint density at radius 2 is 1.79 bits per heavy atom. The fourth-order valence-electron chi connectivity index (χ4n) is 3.93. The van der Waals surface area contributed by atoms with Gasteiger partial charge in [-0.05, 0) is 49.1 Å². The molecule has 0 radical (unpaired) electrons. The van der Waals surface area contributed by atoms with E-state index in [-0.39, 0.29) is 17.1 Å². The van der Waals surface area contributed by atoms with E-state index in [0.717, 1.165) is 30.8 Å². The minimum absolute atomic E-state index is 0.000254. The maximum absolute atomic E-state index is 12.9. The number of nitrogens with one attached hydrogen (secondary N) is 1. The van der Waals surface area contributed by atoms with Gasteiger partial charge in [-0.3, -0.25) is 14.5 Å². The number of amides is 2. The van der Waals surface area contributed by atoms with Gasteiger partial charge in [0.25, 0.3) is 0 Å². The molecular formula is C23H27N3O2S. The highest BCUT2D eigenvalue weighted by molar-refractivity contribution is 8.01. The van der Waals surface area contributed by atoms with Crippen molar-refractivity contribution >= 4 is 29.3 Å². The highest BCUT2D eigenvalue weighted by Gasteiger charge is 2.33. The van der Waals surface area contributed by atoms with Crippen molar-refractivity contribution < 1.29 is 9.59 Å². The van der Waals surface area contributed by atoms with Gasteiger partial charge in [-0.25, -0.2) is 0 Å². The summed E-state index contributed by atoms with van der Waals surface area (Å²) in [4.78, 5) is 30.7. The van der Waals surface area contributed by atoms with E-state index in [1.165, 1.54) is 16.0 Å². The largest absolute Gasteiger partial charge is 0.339 e. The molecule has 2 aliphatic rings. The third-order valence-electron chi connectivity index (χ3n) is 5.85. The Labute approximate surface area is 176 Å². The normalized spacial score (nSPS) is 19.1. The lowest BCUT2D eigenvalue weighted by molar-refractivity contribution is -0.132. The molecule has 0 aliphatic carbocycles. The van der Waals surface area contributed by atoms with Gasteiger partial charge in [0.05, 0.1) is 11.8 Å². The predicted octanol–water partition coefficient (Wildman–Crippen LogP) is 3.10. The second-order valence-electron chi connectivity index (χ2n) is 7.82. The molecule has 0 aromatic heterocycles. The van der Waals surface area contributed by atoms with Gasteiger partial charge in [0, 0.05) is 36.8 Å². The number of hydrogen-bond acceptors (Lipinski definition) is 4. The molecule has 29 heavy (non-hydrogen) atoms. The molecule has 0 spiro atoms. The Morgan fingerprint density at radius 1 is 1.03 bits per heavy atom. The van der Waals surface area contributed by atoms with Gasteiger partial charge in [-0.1, -0.05) is 30.3 Å². The van der Waals surface area contributed by atoms with Crippen LogP contribution in [-0.4, -0.2) is 59.6 Å². The van der Waals surface area contributed by atoms with Gasteiger partial charge >= 0.3 is 0 Å². The number of thioether (sulfide) groups is 1. The smallest absolute Gasteiger partial charge is 0.238 e. The molecule has 1 fully saturated rings. The van der Waals surface area contributed by atoms with Crippen LogP contribution >= 0.6 is 11.8 Å². The Kier molecular flexibility index (Phi) is 5.92. The summed E-state index contributed by atoms with van der Waals surface area (Å²) >= 11 is 1.68. The molecule has 0 bridgehead atoms. The highest BCUT2D eigenvalue weighted by atomic mass is 32.2. The highest BCUT2D eigenvalue weighted by Crippen LogP contribution is 2.37. The number of benzene rings is 2. The van der Waals surface area contributed by atoms with Gasteiger partial charge in [-0.15, -0.1) is 11.8 Å². The molecule has 2 heterocycles. The summed E-state index contributed by atoms with van der Waals surface area (Å²) < 4.78 is 0. The van der Waals surface area contributed by atoms with E-state index in [9.17, 15) is 9.59 Å². The summed E-state index contributed by atoms with van der Waals surface area (Å²) in [5.41, 5.74) is 4.42. The fraction of sp³-hybridized carbons (Fsp3) is 0.391. The zero-order valence-electron chi connectivity index (χ0n) is 17.0. The van der Waals surface area contributed by atoms with Crippen molar-refractivity contribution in [3.63, 3.8) is 0 Å². The molecule has 2 aromatic carbocycles.